The van der Waals surface area contributed by atoms with E-state index in [1.165, 1.54) is 25.0 Å². The molecule has 1 N–H and O–H groups in total. The lowest BCUT2D eigenvalue weighted by atomic mass is 10.1. The van der Waals surface area contributed by atoms with E-state index in [4.69, 9.17) is 18.0 Å². The van der Waals surface area contributed by atoms with E-state index in [1.807, 2.05) is 0 Å². The molecule has 7 heteroatoms. The highest BCUT2D eigenvalue weighted by Crippen LogP contribution is 2.42. The molecule has 1 aromatic carbocycles. The van der Waals surface area contributed by atoms with Gasteiger partial charge in [0.15, 0.2) is 0 Å². The Balaban J connectivity index is 0.000000272. The second-order valence-electron chi connectivity index (χ2n) is 4.62. The molecule has 0 spiro atoms. The van der Waals surface area contributed by atoms with Crippen molar-refractivity contribution in [2.45, 2.75) is 25.1 Å². The van der Waals surface area contributed by atoms with Crippen LogP contribution in [-0.4, -0.2) is 12.3 Å². The minimum absolute atomic E-state index is 0.0583. The molecule has 1 amide bonds. The molecule has 3 nitrogen and oxygen atoms in total. The summed E-state index contributed by atoms with van der Waals surface area (Å²) < 4.78 is 41.9. The molecule has 112 valence electrons. The van der Waals surface area contributed by atoms with Gasteiger partial charge in [-0.3, -0.25) is 5.32 Å². The molecule has 1 atom stereocenters. The number of ether oxygens (including phenoxy) is 1. The van der Waals surface area contributed by atoms with Crippen molar-refractivity contribution in [1.82, 2.24) is 0 Å². The zero-order valence-corrected chi connectivity index (χ0v) is 11.5. The molecule has 1 saturated carbocycles. The van der Waals surface area contributed by atoms with Crippen LogP contribution in [0.4, 0.5) is 23.7 Å². The topological polar surface area (TPSA) is 38.3 Å². The first-order valence-corrected chi connectivity index (χ1v) is 6.49. The van der Waals surface area contributed by atoms with Crippen LogP contribution >= 0.6 is 11.6 Å². The van der Waals surface area contributed by atoms with Crippen molar-refractivity contribution in [3.05, 3.63) is 28.8 Å². The van der Waals surface area contributed by atoms with E-state index >= 15 is 0 Å². The fourth-order valence-corrected chi connectivity index (χ4v) is 1.85. The van der Waals surface area contributed by atoms with Gasteiger partial charge in [-0.05, 0) is 31.0 Å². The van der Waals surface area contributed by atoms with E-state index < -0.39 is 18.4 Å². The normalized spacial score (nSPS) is 20.1. The fraction of sp³-hybridized carbons (Fsp3) is 0.357. The Morgan fingerprint density at radius 3 is 2.52 bits per heavy atom. The van der Waals surface area contributed by atoms with Crippen LogP contribution in [0.5, 0.6) is 0 Å². The molecule has 1 aromatic rings. The Morgan fingerprint density at radius 1 is 1.38 bits per heavy atom. The molecule has 1 unspecified atom stereocenters. The van der Waals surface area contributed by atoms with Crippen molar-refractivity contribution in [3.63, 3.8) is 0 Å². The Morgan fingerprint density at radius 2 is 2.05 bits per heavy atom. The number of terminal acetylenes is 1. The van der Waals surface area contributed by atoms with Gasteiger partial charge in [0.25, 0.3) is 0 Å². The first-order valence-electron chi connectivity index (χ1n) is 6.11. The highest BCUT2D eigenvalue weighted by molar-refractivity contribution is 6.30. The smallest absolute Gasteiger partial charge is 0.430 e. The minimum Gasteiger partial charge on any atom is -0.431 e. The van der Waals surface area contributed by atoms with Gasteiger partial charge < -0.3 is 4.74 Å². The summed E-state index contributed by atoms with van der Waals surface area (Å²) in [6.07, 6.45) is -0.519. The predicted octanol–water partition coefficient (Wildman–Crippen LogP) is 4.54. The number of cyclic esters (lactones) is 1. The van der Waals surface area contributed by atoms with E-state index in [-0.39, 0.29) is 16.3 Å². The summed E-state index contributed by atoms with van der Waals surface area (Å²) in [5.74, 6) is 3.30. The SMILES string of the molecule is C#CC1CC1.O=C1Nc2ccc(Cl)cc2C(C(F)(F)F)O1. The number of benzene rings is 1. The molecule has 0 aromatic heterocycles. The number of amides is 1. The number of carbonyl (C=O) groups excluding carboxylic acids is 1. The lowest BCUT2D eigenvalue weighted by Gasteiger charge is -2.27. The molecule has 0 radical (unpaired) electrons. The third-order valence-electron chi connectivity index (χ3n) is 2.87. The van der Waals surface area contributed by atoms with Gasteiger partial charge in [0, 0.05) is 16.5 Å². The van der Waals surface area contributed by atoms with Gasteiger partial charge in [-0.1, -0.05) is 11.6 Å². The summed E-state index contributed by atoms with van der Waals surface area (Å²) in [6, 6.07) is 3.81. The van der Waals surface area contributed by atoms with E-state index in [1.54, 1.807) is 0 Å². The summed E-state index contributed by atoms with van der Waals surface area (Å²) in [4.78, 5) is 10.9. The van der Waals surface area contributed by atoms with Crippen molar-refractivity contribution in [2.75, 3.05) is 5.32 Å². The molecule has 1 aliphatic heterocycles. The Labute approximate surface area is 124 Å². The van der Waals surface area contributed by atoms with Gasteiger partial charge >= 0.3 is 12.3 Å². The van der Waals surface area contributed by atoms with Crippen LogP contribution in [-0.2, 0) is 4.74 Å². The van der Waals surface area contributed by atoms with Crippen LogP contribution in [0.2, 0.25) is 5.02 Å². The van der Waals surface area contributed by atoms with Crippen LogP contribution in [0.25, 0.3) is 0 Å². The Kier molecular flexibility index (Phi) is 4.33. The lowest BCUT2D eigenvalue weighted by Crippen LogP contribution is -2.33. The van der Waals surface area contributed by atoms with Crippen LogP contribution in [0.15, 0.2) is 18.2 Å². The third kappa shape index (κ3) is 4.05. The van der Waals surface area contributed by atoms with Crippen LogP contribution in [0, 0.1) is 18.3 Å². The highest BCUT2D eigenvalue weighted by Gasteiger charge is 2.47. The molecular weight excluding hydrogens is 307 g/mol. The summed E-state index contributed by atoms with van der Waals surface area (Å²) >= 11 is 5.59. The molecule has 21 heavy (non-hydrogen) atoms. The lowest BCUT2D eigenvalue weighted by molar-refractivity contribution is -0.206. The van der Waals surface area contributed by atoms with Crippen molar-refractivity contribution in [1.29, 1.82) is 0 Å². The average molecular weight is 318 g/mol. The molecule has 1 fully saturated rings. The summed E-state index contributed by atoms with van der Waals surface area (Å²) in [5, 5.41) is 2.32. The minimum atomic E-state index is -4.66. The molecular formula is C14H11ClF3NO2. The Hall–Kier alpha value is -1.87. The predicted molar refractivity (Wildman–Crippen MR) is 71.9 cm³/mol. The van der Waals surface area contributed by atoms with Gasteiger partial charge in [0.2, 0.25) is 6.10 Å². The van der Waals surface area contributed by atoms with Gasteiger partial charge in [0.05, 0.1) is 5.69 Å². The maximum Gasteiger partial charge on any atom is 0.430 e. The number of rotatable bonds is 0. The quantitative estimate of drug-likeness (QED) is 0.714. The first-order chi connectivity index (χ1) is 9.81. The highest BCUT2D eigenvalue weighted by atomic mass is 35.5. The maximum absolute atomic E-state index is 12.6. The number of nitrogens with one attached hydrogen (secondary N) is 1. The maximum atomic E-state index is 12.6. The van der Waals surface area contributed by atoms with Gasteiger partial charge in [-0.25, -0.2) is 4.79 Å². The molecule has 0 saturated heterocycles. The van der Waals surface area contributed by atoms with E-state index in [0.29, 0.717) is 5.92 Å². The van der Waals surface area contributed by atoms with E-state index in [2.05, 4.69) is 16.0 Å². The number of alkyl halides is 3. The Bertz CT molecular complexity index is 591. The molecule has 0 bridgehead atoms. The largest absolute Gasteiger partial charge is 0.431 e. The number of halogens is 4. The number of fused-ring (bicyclic) bond motifs is 1. The van der Waals surface area contributed by atoms with Gasteiger partial charge in [0.1, 0.15) is 0 Å². The number of hydrogen-bond acceptors (Lipinski definition) is 2. The van der Waals surface area contributed by atoms with Crippen LogP contribution < -0.4 is 5.32 Å². The monoisotopic (exact) mass is 317 g/mol. The van der Waals surface area contributed by atoms with Crippen molar-refractivity contribution in [2.24, 2.45) is 5.92 Å². The number of carbonyl (C=O) groups is 1. The zero-order chi connectivity index (χ0) is 15.6. The standard InChI is InChI=1S/C9H5ClF3NO2.C5H6/c10-4-1-2-6-5(3-4)7(9(11,12)13)16-8(15)14-6;1-2-5-3-4-5/h1-3,7H,(H,14,15);1,5H,3-4H2. The summed E-state index contributed by atoms with van der Waals surface area (Å²) in [6.45, 7) is 0. The van der Waals surface area contributed by atoms with Crippen LogP contribution in [0.1, 0.15) is 24.5 Å². The fourth-order valence-electron chi connectivity index (χ4n) is 1.67. The zero-order valence-electron chi connectivity index (χ0n) is 10.7. The van der Waals surface area contributed by atoms with Crippen LogP contribution in [0.3, 0.4) is 0 Å². The first kappa shape index (κ1) is 15.5. The summed E-state index contributed by atoms with van der Waals surface area (Å²) in [7, 11) is 0. The number of hydrogen-bond donors (Lipinski definition) is 1. The molecule has 2 aliphatic rings. The number of anilines is 1. The molecule has 1 aliphatic carbocycles. The second-order valence-corrected chi connectivity index (χ2v) is 5.06. The van der Waals surface area contributed by atoms with Crippen molar-refractivity contribution >= 4 is 23.4 Å². The van der Waals surface area contributed by atoms with Gasteiger partial charge in [-0.2, -0.15) is 13.2 Å². The van der Waals surface area contributed by atoms with Crippen molar-refractivity contribution < 1.29 is 22.7 Å². The third-order valence-corrected chi connectivity index (χ3v) is 3.10. The second kappa shape index (κ2) is 5.86. The van der Waals surface area contributed by atoms with E-state index in [0.717, 1.165) is 6.07 Å². The summed E-state index contributed by atoms with van der Waals surface area (Å²) in [5.41, 5.74) is -0.137. The average Bonchev–Trinajstić information content (AvgIpc) is 3.22. The van der Waals surface area contributed by atoms with Gasteiger partial charge in [-0.15, -0.1) is 12.3 Å². The van der Waals surface area contributed by atoms with Crippen molar-refractivity contribution in [3.8, 4) is 12.3 Å². The molecule has 1 heterocycles. The molecule has 3 rings (SSSR count). The van der Waals surface area contributed by atoms with E-state index in [9.17, 15) is 18.0 Å².